The molecule has 1 fully saturated rings. The number of benzene rings is 2. The number of nitrogens with zero attached hydrogens (tertiary/aromatic N) is 1. The van der Waals surface area contributed by atoms with Crippen LogP contribution in [0.1, 0.15) is 50.8 Å². The molecule has 0 aliphatic carbocycles. The van der Waals surface area contributed by atoms with Crippen molar-refractivity contribution in [3.05, 3.63) is 65.2 Å². The minimum absolute atomic E-state index is 0.0365. The highest BCUT2D eigenvalue weighted by molar-refractivity contribution is 6.09. The Labute approximate surface area is 157 Å². The molecule has 1 heterocycles. The summed E-state index contributed by atoms with van der Waals surface area (Å²) in [6.45, 7) is 3.60. The number of rotatable bonds is 4. The predicted octanol–water partition coefficient (Wildman–Crippen LogP) is 3.51. The number of likely N-dealkylation sites (tertiary alicyclic amines) is 1. The van der Waals surface area contributed by atoms with Crippen LogP contribution in [-0.2, 0) is 0 Å². The maximum atomic E-state index is 12.9. The lowest BCUT2D eigenvalue weighted by molar-refractivity contribution is 0.0688. The van der Waals surface area contributed by atoms with Gasteiger partial charge in [0.1, 0.15) is 0 Å². The highest BCUT2D eigenvalue weighted by Gasteiger charge is 2.23. The fraction of sp³-hybridized carbons (Fsp3) is 0.286. The number of nitrogens with one attached hydrogen (secondary N) is 1. The van der Waals surface area contributed by atoms with Gasteiger partial charge in [-0.05, 0) is 49.1 Å². The Morgan fingerprint density at radius 2 is 1.67 bits per heavy atom. The molecule has 2 N–H and O–H groups in total. The van der Waals surface area contributed by atoms with E-state index in [4.69, 9.17) is 5.11 Å². The number of carbonyl (C=O) groups is 3. The molecule has 1 saturated heterocycles. The molecule has 2 aromatic carbocycles. The third-order valence-electron chi connectivity index (χ3n) is 4.85. The van der Waals surface area contributed by atoms with Crippen molar-refractivity contribution in [1.29, 1.82) is 0 Å². The molecule has 27 heavy (non-hydrogen) atoms. The summed E-state index contributed by atoms with van der Waals surface area (Å²) in [6, 6.07) is 12.7. The molecule has 2 aromatic rings. The molecule has 0 spiro atoms. The largest absolute Gasteiger partial charge is 0.478 e. The van der Waals surface area contributed by atoms with Crippen molar-refractivity contribution < 1.29 is 19.5 Å². The van der Waals surface area contributed by atoms with Crippen LogP contribution in [0.3, 0.4) is 0 Å². The summed E-state index contributed by atoms with van der Waals surface area (Å²) < 4.78 is 0. The van der Waals surface area contributed by atoms with Crippen molar-refractivity contribution in [2.24, 2.45) is 5.92 Å². The van der Waals surface area contributed by atoms with E-state index in [1.165, 1.54) is 24.3 Å². The summed E-state index contributed by atoms with van der Waals surface area (Å²) in [6.07, 6.45) is 1.95. The normalized spacial score (nSPS) is 14.6. The van der Waals surface area contributed by atoms with Crippen LogP contribution in [0.4, 0.5) is 5.69 Å². The monoisotopic (exact) mass is 366 g/mol. The summed E-state index contributed by atoms with van der Waals surface area (Å²) in [5.41, 5.74) is 1.13. The van der Waals surface area contributed by atoms with Gasteiger partial charge in [0, 0.05) is 18.7 Å². The lowest BCUT2D eigenvalue weighted by Gasteiger charge is -2.30. The zero-order chi connectivity index (χ0) is 19.4. The van der Waals surface area contributed by atoms with E-state index in [9.17, 15) is 14.4 Å². The second-order valence-electron chi connectivity index (χ2n) is 6.86. The van der Waals surface area contributed by atoms with Crippen LogP contribution >= 0.6 is 0 Å². The van der Waals surface area contributed by atoms with Crippen LogP contribution in [0.2, 0.25) is 0 Å². The fourth-order valence-electron chi connectivity index (χ4n) is 3.15. The molecule has 140 valence electrons. The molecule has 1 aliphatic heterocycles. The summed E-state index contributed by atoms with van der Waals surface area (Å²) in [4.78, 5) is 38.3. The van der Waals surface area contributed by atoms with Gasteiger partial charge in [-0.1, -0.05) is 25.1 Å². The van der Waals surface area contributed by atoms with Gasteiger partial charge in [0.15, 0.2) is 0 Å². The smallest absolute Gasteiger partial charge is 0.335 e. The molecule has 0 saturated carbocycles. The molecule has 0 unspecified atom stereocenters. The lowest BCUT2D eigenvalue weighted by Crippen LogP contribution is -2.38. The number of carboxylic acid groups (broad SMARTS) is 1. The van der Waals surface area contributed by atoms with Crippen molar-refractivity contribution in [1.82, 2.24) is 4.90 Å². The Hall–Kier alpha value is -3.15. The number of hydrogen-bond acceptors (Lipinski definition) is 3. The molecule has 3 rings (SSSR count). The first-order valence-corrected chi connectivity index (χ1v) is 8.98. The van der Waals surface area contributed by atoms with Gasteiger partial charge in [-0.2, -0.15) is 0 Å². The first-order chi connectivity index (χ1) is 13.0. The van der Waals surface area contributed by atoms with Crippen LogP contribution < -0.4 is 5.32 Å². The van der Waals surface area contributed by atoms with E-state index in [0.717, 1.165) is 12.8 Å². The number of piperidine rings is 1. The first kappa shape index (κ1) is 18.6. The van der Waals surface area contributed by atoms with E-state index in [2.05, 4.69) is 12.2 Å². The molecule has 0 radical (unpaired) electrons. The molecular formula is C21H22N2O4. The lowest BCUT2D eigenvalue weighted by atomic mass is 9.98. The molecule has 2 amide bonds. The summed E-state index contributed by atoms with van der Waals surface area (Å²) in [5, 5.41) is 11.8. The van der Waals surface area contributed by atoms with Crippen molar-refractivity contribution in [2.75, 3.05) is 18.4 Å². The van der Waals surface area contributed by atoms with Gasteiger partial charge in [0.2, 0.25) is 0 Å². The second-order valence-corrected chi connectivity index (χ2v) is 6.86. The van der Waals surface area contributed by atoms with Crippen LogP contribution in [0.5, 0.6) is 0 Å². The first-order valence-electron chi connectivity index (χ1n) is 8.98. The van der Waals surface area contributed by atoms with E-state index in [1.54, 1.807) is 24.3 Å². The highest BCUT2D eigenvalue weighted by Crippen LogP contribution is 2.22. The Morgan fingerprint density at radius 1 is 1.00 bits per heavy atom. The minimum Gasteiger partial charge on any atom is -0.478 e. The van der Waals surface area contributed by atoms with Gasteiger partial charge in [-0.15, -0.1) is 0 Å². The van der Waals surface area contributed by atoms with E-state index < -0.39 is 11.9 Å². The number of carboxylic acids is 1. The molecule has 1 aliphatic rings. The number of hydrogen-bond donors (Lipinski definition) is 2. The zero-order valence-corrected chi connectivity index (χ0v) is 15.1. The summed E-state index contributed by atoms with van der Waals surface area (Å²) in [7, 11) is 0. The van der Waals surface area contributed by atoms with Crippen molar-refractivity contribution in [2.45, 2.75) is 19.8 Å². The third-order valence-corrected chi connectivity index (χ3v) is 4.85. The van der Waals surface area contributed by atoms with Crippen LogP contribution in [0, 0.1) is 5.92 Å². The van der Waals surface area contributed by atoms with E-state index in [-0.39, 0.29) is 17.0 Å². The molecule has 6 nitrogen and oxygen atoms in total. The van der Waals surface area contributed by atoms with Gasteiger partial charge in [-0.3, -0.25) is 9.59 Å². The number of para-hydroxylation sites is 1. The number of anilines is 1. The van der Waals surface area contributed by atoms with Crippen LogP contribution in [0.15, 0.2) is 48.5 Å². The van der Waals surface area contributed by atoms with Gasteiger partial charge < -0.3 is 15.3 Å². The van der Waals surface area contributed by atoms with Gasteiger partial charge >= 0.3 is 5.97 Å². The van der Waals surface area contributed by atoms with E-state index in [0.29, 0.717) is 30.3 Å². The summed E-state index contributed by atoms with van der Waals surface area (Å²) >= 11 is 0. The highest BCUT2D eigenvalue weighted by atomic mass is 16.4. The quantitative estimate of drug-likeness (QED) is 0.867. The topological polar surface area (TPSA) is 86.7 Å². The van der Waals surface area contributed by atoms with E-state index >= 15 is 0 Å². The predicted molar refractivity (Wildman–Crippen MR) is 102 cm³/mol. The Morgan fingerprint density at radius 3 is 2.37 bits per heavy atom. The third kappa shape index (κ3) is 4.34. The maximum absolute atomic E-state index is 12.9. The average Bonchev–Trinajstić information content (AvgIpc) is 2.68. The van der Waals surface area contributed by atoms with Gasteiger partial charge in [0.05, 0.1) is 16.8 Å². The molecule has 6 heteroatoms. The molecular weight excluding hydrogens is 344 g/mol. The molecule has 0 bridgehead atoms. The Kier molecular flexibility index (Phi) is 5.54. The van der Waals surface area contributed by atoms with Gasteiger partial charge in [0.25, 0.3) is 11.8 Å². The Balaban J connectivity index is 1.80. The van der Waals surface area contributed by atoms with Crippen molar-refractivity contribution >= 4 is 23.5 Å². The van der Waals surface area contributed by atoms with Gasteiger partial charge in [-0.25, -0.2) is 4.79 Å². The molecule has 0 aromatic heterocycles. The zero-order valence-electron chi connectivity index (χ0n) is 15.1. The van der Waals surface area contributed by atoms with Crippen molar-refractivity contribution in [3.63, 3.8) is 0 Å². The van der Waals surface area contributed by atoms with E-state index in [1.807, 2.05) is 4.90 Å². The SMILES string of the molecule is CC1CCN(C(=O)c2ccccc2NC(=O)c2cccc(C(=O)O)c2)CC1. The maximum Gasteiger partial charge on any atom is 0.335 e. The number of amides is 2. The fourth-order valence-corrected chi connectivity index (χ4v) is 3.15. The standard InChI is InChI=1S/C21H22N2O4/c1-14-9-11-23(12-10-14)20(25)17-7-2-3-8-18(17)22-19(24)15-5-4-6-16(13-15)21(26)27/h2-8,13-14H,9-12H2,1H3,(H,22,24)(H,26,27). The summed E-state index contributed by atoms with van der Waals surface area (Å²) in [5.74, 6) is -1.03. The van der Waals surface area contributed by atoms with Crippen LogP contribution in [-0.4, -0.2) is 40.9 Å². The Bertz CT molecular complexity index is 870. The minimum atomic E-state index is -1.10. The number of carbonyl (C=O) groups excluding carboxylic acids is 2. The second kappa shape index (κ2) is 8.03. The number of aromatic carboxylic acids is 1. The van der Waals surface area contributed by atoms with Crippen molar-refractivity contribution in [3.8, 4) is 0 Å². The average molecular weight is 366 g/mol. The van der Waals surface area contributed by atoms with Crippen LogP contribution in [0.25, 0.3) is 0 Å². The molecule has 0 atom stereocenters.